The Balaban J connectivity index is 1.62. The molecule has 0 aliphatic rings. The average Bonchev–Trinajstić information content (AvgIpc) is 3.32. The molecule has 2 heterocycles. The van der Waals surface area contributed by atoms with Crippen molar-refractivity contribution in [1.29, 1.82) is 0 Å². The third-order valence-corrected chi connectivity index (χ3v) is 5.41. The number of fused-ring (bicyclic) bond motifs is 1. The maximum absolute atomic E-state index is 13.1. The number of benzene rings is 2. The van der Waals surface area contributed by atoms with Crippen LogP contribution in [0.25, 0.3) is 17.0 Å². The van der Waals surface area contributed by atoms with Crippen molar-refractivity contribution in [3.8, 4) is 0 Å². The zero-order valence-corrected chi connectivity index (χ0v) is 17.7. The molecule has 4 rings (SSSR count). The van der Waals surface area contributed by atoms with Gasteiger partial charge < -0.3 is 15.0 Å². The predicted molar refractivity (Wildman–Crippen MR) is 120 cm³/mol. The molecule has 0 saturated heterocycles. The molecular formula is C22H18FN5O3S. The van der Waals surface area contributed by atoms with Crippen molar-refractivity contribution in [2.24, 2.45) is 0 Å². The highest BCUT2D eigenvalue weighted by atomic mass is 32.2. The van der Waals surface area contributed by atoms with Crippen molar-refractivity contribution in [2.45, 2.75) is 18.6 Å². The monoisotopic (exact) mass is 451 g/mol. The minimum absolute atomic E-state index is 0.00138. The van der Waals surface area contributed by atoms with E-state index in [9.17, 15) is 19.1 Å². The molecule has 2 aromatic heterocycles. The van der Waals surface area contributed by atoms with Crippen LogP contribution in [0.1, 0.15) is 11.4 Å². The number of rotatable bonds is 7. The summed E-state index contributed by atoms with van der Waals surface area (Å²) in [4.78, 5) is 28.5. The van der Waals surface area contributed by atoms with Gasteiger partial charge in [0, 0.05) is 28.4 Å². The Kier molecular flexibility index (Phi) is 6.04. The molecule has 2 aromatic carbocycles. The van der Waals surface area contributed by atoms with Crippen molar-refractivity contribution >= 4 is 46.3 Å². The third-order valence-electron chi connectivity index (χ3n) is 4.54. The molecule has 0 radical (unpaired) electrons. The van der Waals surface area contributed by atoms with E-state index in [-0.39, 0.29) is 23.2 Å². The summed E-state index contributed by atoms with van der Waals surface area (Å²) in [5.41, 5.74) is 1.91. The van der Waals surface area contributed by atoms with Gasteiger partial charge in [0.15, 0.2) is 0 Å². The van der Waals surface area contributed by atoms with E-state index < -0.39 is 5.97 Å². The first-order chi connectivity index (χ1) is 15.4. The fourth-order valence-electron chi connectivity index (χ4n) is 3.15. The van der Waals surface area contributed by atoms with Gasteiger partial charge in [0.05, 0.1) is 0 Å². The molecule has 0 aliphatic heterocycles. The number of amides is 1. The average molecular weight is 451 g/mol. The van der Waals surface area contributed by atoms with Crippen molar-refractivity contribution in [2.75, 3.05) is 5.32 Å². The van der Waals surface area contributed by atoms with Gasteiger partial charge in [-0.3, -0.25) is 9.89 Å². The number of anilines is 1. The van der Waals surface area contributed by atoms with Crippen LogP contribution in [-0.4, -0.2) is 36.7 Å². The second kappa shape index (κ2) is 9.06. The summed E-state index contributed by atoms with van der Waals surface area (Å²) in [6.45, 7) is 1.73. The number of nitrogens with one attached hydrogen (secondary N) is 2. The quantitative estimate of drug-likeness (QED) is 0.288. The SMILES string of the molecule is Cc1nc(S/C(=C\c2cn(CC(=O)Nc3ccc(F)cc3)c3ccccc23)C(=O)O)n[nH]1. The Morgan fingerprint density at radius 2 is 1.97 bits per heavy atom. The highest BCUT2D eigenvalue weighted by Gasteiger charge is 2.16. The molecule has 10 heteroatoms. The number of hydrogen-bond acceptors (Lipinski definition) is 5. The topological polar surface area (TPSA) is 113 Å². The van der Waals surface area contributed by atoms with E-state index in [4.69, 9.17) is 0 Å². The van der Waals surface area contributed by atoms with E-state index in [0.29, 0.717) is 22.2 Å². The molecule has 0 spiro atoms. The fourth-order valence-corrected chi connectivity index (χ4v) is 3.90. The maximum Gasteiger partial charge on any atom is 0.342 e. The summed E-state index contributed by atoms with van der Waals surface area (Å²) >= 11 is 0.936. The van der Waals surface area contributed by atoms with Gasteiger partial charge in [-0.25, -0.2) is 14.2 Å². The second-order valence-electron chi connectivity index (χ2n) is 6.90. The van der Waals surface area contributed by atoms with Crippen LogP contribution in [0.4, 0.5) is 10.1 Å². The lowest BCUT2D eigenvalue weighted by atomic mass is 10.1. The number of aromatic amines is 1. The predicted octanol–water partition coefficient (Wildman–Crippen LogP) is 4.06. The maximum atomic E-state index is 13.1. The Bertz CT molecular complexity index is 1330. The van der Waals surface area contributed by atoms with Crippen LogP contribution in [0.3, 0.4) is 0 Å². The van der Waals surface area contributed by atoms with Crippen LogP contribution in [0.5, 0.6) is 0 Å². The normalized spacial score (nSPS) is 11.6. The van der Waals surface area contributed by atoms with Crippen LogP contribution in [0.2, 0.25) is 0 Å². The minimum Gasteiger partial charge on any atom is -0.477 e. The van der Waals surface area contributed by atoms with E-state index in [1.165, 1.54) is 30.3 Å². The molecule has 32 heavy (non-hydrogen) atoms. The summed E-state index contributed by atoms with van der Waals surface area (Å²) in [7, 11) is 0. The van der Waals surface area contributed by atoms with Crippen molar-refractivity contribution in [3.63, 3.8) is 0 Å². The summed E-state index contributed by atoms with van der Waals surface area (Å²) in [6.07, 6.45) is 3.26. The van der Waals surface area contributed by atoms with Gasteiger partial charge in [-0.15, -0.1) is 5.10 Å². The standard InChI is InChI=1S/C22H18FN5O3S/c1-13-24-22(27-26-13)32-19(21(30)31)10-14-11-28(18-5-3-2-4-17(14)18)12-20(29)25-16-8-6-15(23)7-9-16/h2-11H,12H2,1H3,(H,25,29)(H,30,31)(H,24,26,27)/b19-10-. The zero-order chi connectivity index (χ0) is 22.7. The van der Waals surface area contributed by atoms with E-state index in [1.54, 1.807) is 17.7 Å². The Hall–Kier alpha value is -3.92. The fraction of sp³-hybridized carbons (Fsp3) is 0.0909. The Morgan fingerprint density at radius 1 is 1.22 bits per heavy atom. The summed E-state index contributed by atoms with van der Waals surface area (Å²) < 4.78 is 14.8. The molecule has 4 aromatic rings. The lowest BCUT2D eigenvalue weighted by Crippen LogP contribution is -2.18. The Morgan fingerprint density at radius 3 is 2.66 bits per heavy atom. The van der Waals surface area contributed by atoms with Crippen LogP contribution in [0.15, 0.2) is 64.8 Å². The number of thioether (sulfide) groups is 1. The van der Waals surface area contributed by atoms with Gasteiger partial charge in [-0.1, -0.05) is 18.2 Å². The lowest BCUT2D eigenvalue weighted by molar-refractivity contribution is -0.131. The molecule has 3 N–H and O–H groups in total. The van der Waals surface area contributed by atoms with Crippen LogP contribution >= 0.6 is 11.8 Å². The molecule has 0 unspecified atom stereocenters. The summed E-state index contributed by atoms with van der Waals surface area (Å²) in [5, 5.41) is 20.1. The lowest BCUT2D eigenvalue weighted by Gasteiger charge is -2.07. The Labute approximate surface area is 186 Å². The first-order valence-corrected chi connectivity index (χ1v) is 10.4. The van der Waals surface area contributed by atoms with Gasteiger partial charge in [-0.2, -0.15) is 0 Å². The highest BCUT2D eigenvalue weighted by molar-refractivity contribution is 8.04. The number of nitrogens with zero attached hydrogens (tertiary/aromatic N) is 3. The molecule has 8 nitrogen and oxygen atoms in total. The van der Waals surface area contributed by atoms with E-state index >= 15 is 0 Å². The van der Waals surface area contributed by atoms with Gasteiger partial charge in [-0.05, 0) is 55.1 Å². The van der Waals surface area contributed by atoms with Gasteiger partial charge in [0.2, 0.25) is 11.1 Å². The number of carboxylic acids is 1. The van der Waals surface area contributed by atoms with Crippen molar-refractivity contribution in [3.05, 3.63) is 76.8 Å². The number of H-pyrrole nitrogens is 1. The molecule has 0 saturated carbocycles. The molecular weight excluding hydrogens is 433 g/mol. The van der Waals surface area contributed by atoms with E-state index in [2.05, 4.69) is 20.5 Å². The number of halogens is 1. The number of carbonyl (C=O) groups is 2. The first-order valence-electron chi connectivity index (χ1n) is 9.54. The van der Waals surface area contributed by atoms with Crippen LogP contribution in [-0.2, 0) is 16.1 Å². The van der Waals surface area contributed by atoms with E-state index in [1.807, 2.05) is 24.3 Å². The smallest absolute Gasteiger partial charge is 0.342 e. The van der Waals surface area contributed by atoms with Gasteiger partial charge >= 0.3 is 5.97 Å². The van der Waals surface area contributed by atoms with Crippen molar-refractivity contribution < 1.29 is 19.1 Å². The van der Waals surface area contributed by atoms with Crippen LogP contribution in [0, 0.1) is 12.7 Å². The molecule has 0 bridgehead atoms. The number of aliphatic carboxylic acids is 1. The summed E-state index contributed by atoms with van der Waals surface area (Å²) in [6, 6.07) is 12.9. The number of aromatic nitrogens is 4. The first kappa shape index (κ1) is 21.3. The van der Waals surface area contributed by atoms with Gasteiger partial charge in [0.1, 0.15) is 23.1 Å². The van der Waals surface area contributed by atoms with Crippen molar-refractivity contribution in [1.82, 2.24) is 19.7 Å². The number of aryl methyl sites for hydroxylation is 1. The number of carboxylic acid groups (broad SMARTS) is 1. The highest BCUT2D eigenvalue weighted by Crippen LogP contribution is 2.29. The molecule has 162 valence electrons. The molecule has 0 atom stereocenters. The summed E-state index contributed by atoms with van der Waals surface area (Å²) in [5.74, 6) is -1.20. The molecule has 0 fully saturated rings. The number of carbonyl (C=O) groups excluding carboxylic acids is 1. The second-order valence-corrected chi connectivity index (χ2v) is 7.91. The largest absolute Gasteiger partial charge is 0.477 e. The van der Waals surface area contributed by atoms with Gasteiger partial charge in [0.25, 0.3) is 0 Å². The molecule has 1 amide bonds. The minimum atomic E-state index is -1.11. The molecule has 0 aliphatic carbocycles. The number of para-hydroxylation sites is 1. The third kappa shape index (κ3) is 4.86. The zero-order valence-electron chi connectivity index (χ0n) is 16.9. The van der Waals surface area contributed by atoms with Crippen LogP contribution < -0.4 is 5.32 Å². The van der Waals surface area contributed by atoms with E-state index in [0.717, 1.165) is 22.7 Å². The number of hydrogen-bond donors (Lipinski definition) is 3.